The Hall–Kier alpha value is -2.13. The Morgan fingerprint density at radius 1 is 1.60 bits per heavy atom. The van der Waals surface area contributed by atoms with Crippen LogP contribution in [0.2, 0.25) is 5.15 Å². The summed E-state index contributed by atoms with van der Waals surface area (Å²) >= 11 is 5.81. The van der Waals surface area contributed by atoms with Crippen molar-refractivity contribution in [1.29, 1.82) is 5.26 Å². The highest BCUT2D eigenvalue weighted by Crippen LogP contribution is 2.20. The number of pyridine rings is 1. The van der Waals surface area contributed by atoms with E-state index in [1.807, 2.05) is 19.2 Å². The van der Waals surface area contributed by atoms with Crippen molar-refractivity contribution in [1.82, 2.24) is 14.8 Å². The van der Waals surface area contributed by atoms with Gasteiger partial charge in [0.05, 0.1) is 12.1 Å². The molecule has 1 N–H and O–H groups in total. The van der Waals surface area contributed by atoms with Crippen LogP contribution in [-0.4, -0.2) is 20.8 Å². The van der Waals surface area contributed by atoms with Gasteiger partial charge < -0.3 is 5.32 Å². The van der Waals surface area contributed by atoms with E-state index in [1.165, 1.54) is 0 Å². The molecule has 0 aliphatic carbocycles. The molecule has 20 heavy (non-hydrogen) atoms. The van der Waals surface area contributed by atoms with E-state index in [1.54, 1.807) is 16.9 Å². The highest BCUT2D eigenvalue weighted by Gasteiger charge is 2.14. The van der Waals surface area contributed by atoms with Crippen LogP contribution in [0.15, 0.2) is 24.5 Å². The summed E-state index contributed by atoms with van der Waals surface area (Å²) < 4.78 is 15.6. The molecule has 104 valence electrons. The fraction of sp³-hybridized carbons (Fsp3) is 0.308. The van der Waals surface area contributed by atoms with Crippen molar-refractivity contribution >= 4 is 17.4 Å². The predicted octanol–water partition coefficient (Wildman–Crippen LogP) is 2.83. The van der Waals surface area contributed by atoms with Crippen LogP contribution in [0.3, 0.4) is 0 Å². The molecule has 0 amide bonds. The zero-order valence-electron chi connectivity index (χ0n) is 10.8. The number of aromatic nitrogens is 3. The van der Waals surface area contributed by atoms with Gasteiger partial charge in [0.2, 0.25) is 0 Å². The summed E-state index contributed by atoms with van der Waals surface area (Å²) in [5.41, 5.74) is 0.0230. The lowest BCUT2D eigenvalue weighted by atomic mass is 10.2. The number of hydrogen-bond donors (Lipinski definition) is 1. The second kappa shape index (κ2) is 6.35. The lowest BCUT2D eigenvalue weighted by molar-refractivity contribution is 0.518. The maximum absolute atomic E-state index is 13.8. The molecular formula is C13H13ClFN5. The molecule has 0 saturated carbocycles. The fourth-order valence-corrected chi connectivity index (χ4v) is 1.93. The maximum atomic E-state index is 13.8. The van der Waals surface area contributed by atoms with Crippen molar-refractivity contribution in [3.05, 3.63) is 41.1 Å². The van der Waals surface area contributed by atoms with Gasteiger partial charge in [-0.3, -0.25) is 4.68 Å². The standard InChI is InChI=1S/C13H13ClFN5/c1-2-10(8-20-5-3-4-17-20)18-13-11(15)6-9(7-16)12(14)19-13/h3-6,10H,2,8H2,1H3,(H,18,19)/t10-/m0/s1. The predicted molar refractivity (Wildman–Crippen MR) is 73.8 cm³/mol. The first-order valence-electron chi connectivity index (χ1n) is 6.14. The minimum Gasteiger partial charge on any atom is -0.363 e. The number of anilines is 1. The highest BCUT2D eigenvalue weighted by atomic mass is 35.5. The average Bonchev–Trinajstić information content (AvgIpc) is 2.94. The Morgan fingerprint density at radius 2 is 2.40 bits per heavy atom. The number of nitrogens with zero attached hydrogens (tertiary/aromatic N) is 4. The number of hydrogen-bond acceptors (Lipinski definition) is 4. The number of nitriles is 1. The Morgan fingerprint density at radius 3 is 3.00 bits per heavy atom. The van der Waals surface area contributed by atoms with Gasteiger partial charge in [-0.05, 0) is 18.6 Å². The zero-order valence-corrected chi connectivity index (χ0v) is 11.6. The minimum absolute atomic E-state index is 0.00894. The molecule has 2 rings (SSSR count). The lowest BCUT2D eigenvalue weighted by Gasteiger charge is -2.18. The molecule has 0 spiro atoms. The van der Waals surface area contributed by atoms with E-state index in [2.05, 4.69) is 15.4 Å². The summed E-state index contributed by atoms with van der Waals surface area (Å²) in [5.74, 6) is -0.544. The normalized spacial score (nSPS) is 11.9. The smallest absolute Gasteiger partial charge is 0.166 e. The van der Waals surface area contributed by atoms with Gasteiger partial charge in [-0.15, -0.1) is 0 Å². The van der Waals surface area contributed by atoms with E-state index < -0.39 is 5.82 Å². The van der Waals surface area contributed by atoms with Crippen LogP contribution < -0.4 is 5.32 Å². The van der Waals surface area contributed by atoms with Crippen LogP contribution in [0.25, 0.3) is 0 Å². The molecule has 0 aliphatic heterocycles. The maximum Gasteiger partial charge on any atom is 0.166 e. The van der Waals surface area contributed by atoms with Crippen LogP contribution in [-0.2, 0) is 6.54 Å². The van der Waals surface area contributed by atoms with Crippen molar-refractivity contribution in [3.8, 4) is 6.07 Å². The SMILES string of the molecule is CC[C@@H](Cn1cccn1)Nc1nc(Cl)c(C#N)cc1F. The molecule has 0 saturated heterocycles. The van der Waals surface area contributed by atoms with E-state index in [0.717, 1.165) is 12.5 Å². The van der Waals surface area contributed by atoms with Gasteiger partial charge in [0.25, 0.3) is 0 Å². The molecule has 0 aliphatic rings. The molecule has 0 fully saturated rings. The van der Waals surface area contributed by atoms with Crippen LogP contribution in [0.5, 0.6) is 0 Å². The van der Waals surface area contributed by atoms with E-state index in [4.69, 9.17) is 16.9 Å². The Labute approximate surface area is 121 Å². The molecule has 2 aromatic rings. The van der Waals surface area contributed by atoms with Crippen LogP contribution >= 0.6 is 11.6 Å². The zero-order chi connectivity index (χ0) is 14.5. The van der Waals surface area contributed by atoms with Crippen molar-refractivity contribution in [2.45, 2.75) is 25.9 Å². The quantitative estimate of drug-likeness (QED) is 0.861. The molecular weight excluding hydrogens is 281 g/mol. The van der Waals surface area contributed by atoms with Gasteiger partial charge in [0, 0.05) is 18.4 Å². The third kappa shape index (κ3) is 3.25. The molecule has 0 aromatic carbocycles. The summed E-state index contributed by atoms with van der Waals surface area (Å²) in [6, 6.07) is 4.65. The summed E-state index contributed by atoms with van der Waals surface area (Å²) in [6.07, 6.45) is 4.28. The van der Waals surface area contributed by atoms with Crippen LogP contribution in [0.4, 0.5) is 10.2 Å². The largest absolute Gasteiger partial charge is 0.363 e. The first-order valence-corrected chi connectivity index (χ1v) is 6.52. The molecule has 7 heteroatoms. The van der Waals surface area contributed by atoms with Crippen molar-refractivity contribution in [2.75, 3.05) is 5.32 Å². The first-order chi connectivity index (χ1) is 9.63. The molecule has 1 atom stereocenters. The fourth-order valence-electron chi connectivity index (χ4n) is 1.75. The van der Waals surface area contributed by atoms with E-state index >= 15 is 0 Å². The number of halogens is 2. The monoisotopic (exact) mass is 293 g/mol. The number of rotatable bonds is 5. The molecule has 0 radical (unpaired) electrons. The second-order valence-electron chi connectivity index (χ2n) is 4.25. The highest BCUT2D eigenvalue weighted by molar-refractivity contribution is 6.30. The minimum atomic E-state index is -0.593. The summed E-state index contributed by atoms with van der Waals surface area (Å²) in [4.78, 5) is 3.89. The van der Waals surface area contributed by atoms with E-state index in [-0.39, 0.29) is 22.6 Å². The van der Waals surface area contributed by atoms with Gasteiger partial charge in [-0.2, -0.15) is 10.4 Å². The summed E-state index contributed by atoms with van der Waals surface area (Å²) in [5, 5.41) is 15.8. The van der Waals surface area contributed by atoms with Gasteiger partial charge in [-0.25, -0.2) is 9.37 Å². The molecule has 0 unspecified atom stereocenters. The topological polar surface area (TPSA) is 66.5 Å². The van der Waals surface area contributed by atoms with Crippen molar-refractivity contribution in [2.24, 2.45) is 0 Å². The Bertz CT molecular complexity index is 620. The van der Waals surface area contributed by atoms with Gasteiger partial charge in [-0.1, -0.05) is 18.5 Å². The third-order valence-electron chi connectivity index (χ3n) is 2.85. The first kappa shape index (κ1) is 14.3. The Balaban J connectivity index is 2.15. The molecule has 2 heterocycles. The Kier molecular flexibility index (Phi) is 4.53. The lowest BCUT2D eigenvalue weighted by Crippen LogP contribution is -2.26. The molecule has 0 bridgehead atoms. The van der Waals surface area contributed by atoms with Crippen molar-refractivity contribution < 1.29 is 4.39 Å². The summed E-state index contributed by atoms with van der Waals surface area (Å²) in [6.45, 7) is 2.56. The van der Waals surface area contributed by atoms with Crippen LogP contribution in [0.1, 0.15) is 18.9 Å². The second-order valence-corrected chi connectivity index (χ2v) is 4.60. The molecule has 2 aromatic heterocycles. The number of nitrogens with one attached hydrogen (secondary N) is 1. The van der Waals surface area contributed by atoms with Gasteiger partial charge in [0.15, 0.2) is 11.6 Å². The van der Waals surface area contributed by atoms with Gasteiger partial charge >= 0.3 is 0 Å². The summed E-state index contributed by atoms with van der Waals surface area (Å²) in [7, 11) is 0. The third-order valence-corrected chi connectivity index (χ3v) is 3.14. The van der Waals surface area contributed by atoms with Crippen LogP contribution in [0, 0.1) is 17.1 Å². The van der Waals surface area contributed by atoms with E-state index in [0.29, 0.717) is 6.54 Å². The van der Waals surface area contributed by atoms with Gasteiger partial charge in [0.1, 0.15) is 11.2 Å². The average molecular weight is 294 g/mol. The van der Waals surface area contributed by atoms with E-state index in [9.17, 15) is 4.39 Å². The molecule has 5 nitrogen and oxygen atoms in total. The van der Waals surface area contributed by atoms with Crippen molar-refractivity contribution in [3.63, 3.8) is 0 Å².